The minimum atomic E-state index is -2.08. The Labute approximate surface area is 88.5 Å². The van der Waals surface area contributed by atoms with Gasteiger partial charge >= 0.3 is 5.97 Å². The molecule has 4 N–H and O–H groups in total. The molecule has 0 aliphatic heterocycles. The van der Waals surface area contributed by atoms with Gasteiger partial charge in [0.15, 0.2) is 11.5 Å². The minimum Gasteiger partial charge on any atom is -0.504 e. The Morgan fingerprint density at radius 1 is 1.73 bits per heavy atom. The lowest BCUT2D eigenvalue weighted by Crippen LogP contribution is -2.32. The van der Waals surface area contributed by atoms with Crippen LogP contribution in [0.15, 0.2) is 18.2 Å². The molecule has 1 atom stereocenters. The second-order valence-electron chi connectivity index (χ2n) is 3.01. The van der Waals surface area contributed by atoms with E-state index in [-0.39, 0.29) is 17.9 Å². The van der Waals surface area contributed by atoms with Crippen molar-refractivity contribution in [3.8, 4) is 11.5 Å². The molecule has 1 aromatic rings. The number of methoxy groups -OCH3 is 1. The smallest absolute Gasteiger partial charge is 0.320 e. The SMILES string of the molecule is [3H][C@](N)(Cc1ccc(O)c(OC)c1)C(=O)O. The van der Waals surface area contributed by atoms with Crippen LogP contribution in [0.2, 0.25) is 0 Å². The number of phenolic OH excluding ortho intramolecular Hbond substituents is 1. The Bertz CT molecular complexity index is 406. The lowest BCUT2D eigenvalue weighted by molar-refractivity contribution is -0.138. The van der Waals surface area contributed by atoms with Crippen LogP contribution in [0, 0.1) is 0 Å². The van der Waals surface area contributed by atoms with Gasteiger partial charge in [-0.3, -0.25) is 4.79 Å². The van der Waals surface area contributed by atoms with Gasteiger partial charge in [0.1, 0.15) is 6.02 Å². The van der Waals surface area contributed by atoms with E-state index >= 15 is 0 Å². The molecule has 0 saturated heterocycles. The summed E-state index contributed by atoms with van der Waals surface area (Å²) in [7, 11) is 1.38. The summed E-state index contributed by atoms with van der Waals surface area (Å²) in [5.41, 5.74) is 5.79. The third-order valence-corrected chi connectivity index (χ3v) is 1.91. The first kappa shape index (κ1) is 9.79. The van der Waals surface area contributed by atoms with E-state index in [1.54, 1.807) is 0 Å². The molecule has 5 heteroatoms. The quantitative estimate of drug-likeness (QED) is 0.671. The van der Waals surface area contributed by atoms with Crippen LogP contribution in [-0.2, 0) is 11.2 Å². The number of hydrogen-bond acceptors (Lipinski definition) is 4. The van der Waals surface area contributed by atoms with Crippen molar-refractivity contribution < 1.29 is 21.1 Å². The molecule has 0 aromatic heterocycles. The lowest BCUT2D eigenvalue weighted by Gasteiger charge is -2.08. The fraction of sp³-hybridized carbons (Fsp3) is 0.300. The third-order valence-electron chi connectivity index (χ3n) is 1.91. The molecular formula is C10H13NO4. The summed E-state index contributed by atoms with van der Waals surface area (Å²) in [6.45, 7) is 0. The number of aromatic hydroxyl groups is 1. The van der Waals surface area contributed by atoms with E-state index in [4.69, 9.17) is 16.9 Å². The predicted molar refractivity (Wildman–Crippen MR) is 54.0 cm³/mol. The van der Waals surface area contributed by atoms with Gasteiger partial charge in [-0.2, -0.15) is 0 Å². The molecule has 1 rings (SSSR count). The maximum Gasteiger partial charge on any atom is 0.320 e. The number of hydrogen-bond donors (Lipinski definition) is 3. The van der Waals surface area contributed by atoms with Crippen molar-refractivity contribution in [2.75, 3.05) is 7.11 Å². The van der Waals surface area contributed by atoms with E-state index in [0.717, 1.165) is 0 Å². The number of phenols is 1. The Balaban J connectivity index is 2.94. The third kappa shape index (κ3) is 2.85. The first-order valence-electron chi connectivity index (χ1n) is 4.75. The summed E-state index contributed by atoms with van der Waals surface area (Å²) in [6.07, 6.45) is -0.168. The summed E-state index contributed by atoms with van der Waals surface area (Å²) < 4.78 is 12.2. The number of rotatable bonds is 4. The molecule has 0 aliphatic carbocycles. The van der Waals surface area contributed by atoms with Crippen LogP contribution in [0.3, 0.4) is 0 Å². The molecule has 0 saturated carbocycles. The number of ether oxygens (including phenoxy) is 1. The van der Waals surface area contributed by atoms with Crippen molar-refractivity contribution in [1.82, 2.24) is 0 Å². The van der Waals surface area contributed by atoms with Crippen molar-refractivity contribution in [3.05, 3.63) is 23.8 Å². The van der Waals surface area contributed by atoms with Crippen LogP contribution >= 0.6 is 0 Å². The van der Waals surface area contributed by atoms with E-state index < -0.39 is 12.0 Å². The van der Waals surface area contributed by atoms with Gasteiger partial charge in [0.25, 0.3) is 0 Å². The van der Waals surface area contributed by atoms with Gasteiger partial charge in [-0.15, -0.1) is 0 Å². The van der Waals surface area contributed by atoms with E-state index in [9.17, 15) is 9.90 Å². The van der Waals surface area contributed by atoms with Crippen LogP contribution in [-0.4, -0.2) is 29.3 Å². The van der Waals surface area contributed by atoms with Gasteiger partial charge in [-0.05, 0) is 24.1 Å². The highest BCUT2D eigenvalue weighted by Gasteiger charge is 2.13. The van der Waals surface area contributed by atoms with Gasteiger partial charge in [0, 0.05) is 0 Å². The average molecular weight is 213 g/mol. The van der Waals surface area contributed by atoms with E-state index in [1.165, 1.54) is 25.3 Å². The van der Waals surface area contributed by atoms with Gasteiger partial charge in [0.2, 0.25) is 0 Å². The molecule has 0 heterocycles. The maximum atomic E-state index is 10.7. The molecule has 0 amide bonds. The largest absolute Gasteiger partial charge is 0.504 e. The zero-order valence-electron chi connectivity index (χ0n) is 9.23. The Morgan fingerprint density at radius 3 is 2.93 bits per heavy atom. The van der Waals surface area contributed by atoms with Crippen LogP contribution < -0.4 is 10.5 Å². The van der Waals surface area contributed by atoms with E-state index in [1.807, 2.05) is 0 Å². The molecule has 0 spiro atoms. The summed E-state index contributed by atoms with van der Waals surface area (Å²) in [6, 6.07) is 2.24. The minimum absolute atomic E-state index is 0.0471. The standard InChI is InChI=1S/C10H13NO4/c1-15-9-5-6(2-3-8(9)12)4-7(11)10(13)14/h2-3,5,7,12H,4,11H2,1H3,(H,13,14)/t7-/m0/s1/i7T. The number of carbonyl (C=O) groups is 1. The Morgan fingerprint density at radius 2 is 2.40 bits per heavy atom. The summed E-state index contributed by atoms with van der Waals surface area (Å²) in [5.74, 6) is -1.23. The Hall–Kier alpha value is -1.75. The Kier molecular flexibility index (Phi) is 3.04. The van der Waals surface area contributed by atoms with Crippen molar-refractivity contribution in [1.29, 1.82) is 0 Å². The zero-order valence-corrected chi connectivity index (χ0v) is 8.23. The van der Waals surface area contributed by atoms with Crippen LogP contribution in [0.5, 0.6) is 11.5 Å². The number of benzene rings is 1. The predicted octanol–water partition coefficient (Wildman–Crippen LogP) is 0.355. The molecule has 0 unspecified atom stereocenters. The fourth-order valence-corrected chi connectivity index (χ4v) is 1.13. The van der Waals surface area contributed by atoms with Crippen molar-refractivity contribution in [3.63, 3.8) is 0 Å². The monoisotopic (exact) mass is 213 g/mol. The van der Waals surface area contributed by atoms with Gasteiger partial charge in [0.05, 0.1) is 8.48 Å². The highest BCUT2D eigenvalue weighted by atomic mass is 16.5. The molecule has 82 valence electrons. The molecular weight excluding hydrogens is 198 g/mol. The summed E-state index contributed by atoms with van der Waals surface area (Å²) in [4.78, 5) is 10.7. The first-order chi connectivity index (χ1) is 7.36. The lowest BCUT2D eigenvalue weighted by atomic mass is 10.1. The number of aliphatic carboxylic acids is 1. The number of carboxylic acid groups (broad SMARTS) is 1. The summed E-state index contributed by atoms with van der Waals surface area (Å²) >= 11 is 0. The van der Waals surface area contributed by atoms with E-state index in [0.29, 0.717) is 5.56 Å². The highest BCUT2D eigenvalue weighted by molar-refractivity contribution is 5.73. The van der Waals surface area contributed by atoms with Crippen molar-refractivity contribution >= 4 is 5.97 Å². The molecule has 0 aliphatic rings. The highest BCUT2D eigenvalue weighted by Crippen LogP contribution is 2.26. The topological polar surface area (TPSA) is 92.8 Å². The van der Waals surface area contributed by atoms with Crippen LogP contribution in [0.25, 0.3) is 0 Å². The van der Waals surface area contributed by atoms with Crippen molar-refractivity contribution in [2.24, 2.45) is 5.73 Å². The second-order valence-corrected chi connectivity index (χ2v) is 3.01. The molecule has 1 aromatic carbocycles. The number of nitrogens with two attached hydrogens (primary N) is 1. The molecule has 0 radical (unpaired) electrons. The second kappa shape index (κ2) is 4.65. The first-order valence-corrected chi connectivity index (χ1v) is 4.25. The normalized spacial score (nSPS) is 15.2. The zero-order chi connectivity index (χ0) is 12.3. The van der Waals surface area contributed by atoms with Gasteiger partial charge in [-0.25, -0.2) is 0 Å². The van der Waals surface area contributed by atoms with Gasteiger partial charge in [-0.1, -0.05) is 6.07 Å². The van der Waals surface area contributed by atoms with Crippen LogP contribution in [0.1, 0.15) is 6.93 Å². The fourth-order valence-electron chi connectivity index (χ4n) is 1.13. The van der Waals surface area contributed by atoms with Gasteiger partial charge < -0.3 is 20.7 Å². The molecule has 0 bridgehead atoms. The molecule has 5 nitrogen and oxygen atoms in total. The van der Waals surface area contributed by atoms with E-state index in [2.05, 4.69) is 0 Å². The molecule has 0 fully saturated rings. The van der Waals surface area contributed by atoms with Crippen molar-refractivity contribution in [2.45, 2.75) is 12.4 Å². The summed E-state index contributed by atoms with van der Waals surface area (Å²) in [5, 5.41) is 18.0. The van der Waals surface area contributed by atoms with Crippen LogP contribution in [0.4, 0.5) is 0 Å². The number of carboxylic acids is 1. The molecule has 15 heavy (non-hydrogen) atoms. The average Bonchev–Trinajstić information content (AvgIpc) is 2.20. The maximum absolute atomic E-state index is 10.7.